The molecule has 0 saturated carbocycles. The average Bonchev–Trinajstić information content (AvgIpc) is 2.92. The Bertz CT molecular complexity index is 482. The van der Waals surface area contributed by atoms with Crippen molar-refractivity contribution >= 4 is 0 Å². The third kappa shape index (κ3) is 3.33. The molecule has 1 aliphatic heterocycles. The quantitative estimate of drug-likeness (QED) is 0.881. The molecule has 1 aromatic carbocycles. The molecule has 1 heterocycles. The molecule has 0 bridgehead atoms. The maximum atomic E-state index is 13.1. The van der Waals surface area contributed by atoms with Crippen molar-refractivity contribution in [1.82, 2.24) is 5.32 Å². The van der Waals surface area contributed by atoms with E-state index in [0.717, 1.165) is 18.9 Å². The van der Waals surface area contributed by atoms with Crippen molar-refractivity contribution in [2.75, 3.05) is 13.2 Å². The average molecular weight is 285 g/mol. The molecule has 2 rings (SSSR count). The number of halogens is 3. The lowest BCUT2D eigenvalue weighted by Crippen LogP contribution is -2.26. The van der Waals surface area contributed by atoms with Crippen LogP contribution in [-0.2, 0) is 10.9 Å². The number of ether oxygens (including phenoxy) is 1. The van der Waals surface area contributed by atoms with E-state index in [2.05, 4.69) is 5.32 Å². The highest BCUT2D eigenvalue weighted by molar-refractivity contribution is 5.36. The Labute approximate surface area is 116 Å². The molecule has 0 aliphatic carbocycles. The van der Waals surface area contributed by atoms with Crippen molar-refractivity contribution in [3.8, 4) is 0 Å². The molecule has 1 unspecified atom stereocenters. The van der Waals surface area contributed by atoms with E-state index in [9.17, 15) is 13.2 Å². The molecule has 0 spiro atoms. The number of nitrogens with one attached hydrogen (secondary N) is 1. The molecule has 110 valence electrons. The van der Waals surface area contributed by atoms with Crippen molar-refractivity contribution in [2.24, 2.45) is 0 Å². The summed E-state index contributed by atoms with van der Waals surface area (Å²) in [7, 11) is 0. The molecule has 1 aromatic rings. The monoisotopic (exact) mass is 285 g/mol. The standard InChI is InChI=1S/C15H18F3NO/c1-2-9-19-14(13-8-5-10-20-13)11-6-3-4-7-12(11)15(16,17)18/h3-4,6-8,14,19H,2,5,9-10H2,1H3. The van der Waals surface area contributed by atoms with Crippen molar-refractivity contribution in [3.63, 3.8) is 0 Å². The topological polar surface area (TPSA) is 21.3 Å². The first-order chi connectivity index (χ1) is 9.54. The van der Waals surface area contributed by atoms with Gasteiger partial charge in [-0.2, -0.15) is 13.2 Å². The molecule has 1 atom stereocenters. The van der Waals surface area contributed by atoms with E-state index in [1.54, 1.807) is 6.07 Å². The van der Waals surface area contributed by atoms with Gasteiger partial charge in [-0.25, -0.2) is 0 Å². The fourth-order valence-corrected chi connectivity index (χ4v) is 2.30. The number of benzene rings is 1. The largest absolute Gasteiger partial charge is 0.496 e. The number of hydrogen-bond acceptors (Lipinski definition) is 2. The second-order valence-electron chi connectivity index (χ2n) is 4.72. The Hall–Kier alpha value is -1.49. The summed E-state index contributed by atoms with van der Waals surface area (Å²) >= 11 is 0. The van der Waals surface area contributed by atoms with E-state index in [-0.39, 0.29) is 5.56 Å². The number of rotatable bonds is 5. The van der Waals surface area contributed by atoms with Crippen LogP contribution in [0.3, 0.4) is 0 Å². The van der Waals surface area contributed by atoms with Gasteiger partial charge in [0.2, 0.25) is 0 Å². The van der Waals surface area contributed by atoms with Gasteiger partial charge in [-0.1, -0.05) is 25.1 Å². The summed E-state index contributed by atoms with van der Waals surface area (Å²) in [6, 6.07) is 5.13. The lowest BCUT2D eigenvalue weighted by Gasteiger charge is -2.23. The van der Waals surface area contributed by atoms with E-state index in [1.165, 1.54) is 12.1 Å². The fourth-order valence-electron chi connectivity index (χ4n) is 2.30. The SMILES string of the molecule is CCCNC(C1=CCCO1)c1ccccc1C(F)(F)F. The van der Waals surface area contributed by atoms with Crippen molar-refractivity contribution < 1.29 is 17.9 Å². The highest BCUT2D eigenvalue weighted by atomic mass is 19.4. The Morgan fingerprint density at radius 1 is 1.30 bits per heavy atom. The summed E-state index contributed by atoms with van der Waals surface area (Å²) in [5.41, 5.74) is -0.383. The summed E-state index contributed by atoms with van der Waals surface area (Å²) in [4.78, 5) is 0. The van der Waals surface area contributed by atoms with E-state index in [0.29, 0.717) is 18.9 Å². The molecular weight excluding hydrogens is 267 g/mol. The Morgan fingerprint density at radius 3 is 2.65 bits per heavy atom. The summed E-state index contributed by atoms with van der Waals surface area (Å²) in [5.74, 6) is 0.593. The fraction of sp³-hybridized carbons (Fsp3) is 0.467. The maximum Gasteiger partial charge on any atom is 0.416 e. The third-order valence-electron chi connectivity index (χ3n) is 3.19. The zero-order chi connectivity index (χ0) is 14.6. The molecule has 1 aliphatic rings. The second-order valence-corrected chi connectivity index (χ2v) is 4.72. The predicted molar refractivity (Wildman–Crippen MR) is 71.1 cm³/mol. The second kappa shape index (κ2) is 6.31. The van der Waals surface area contributed by atoms with Crippen LogP contribution in [-0.4, -0.2) is 13.2 Å². The first-order valence-electron chi connectivity index (χ1n) is 6.76. The van der Waals surface area contributed by atoms with Gasteiger partial charge in [-0.3, -0.25) is 0 Å². The molecule has 20 heavy (non-hydrogen) atoms. The predicted octanol–water partition coefficient (Wildman–Crippen LogP) is 4.05. The number of hydrogen-bond donors (Lipinski definition) is 1. The summed E-state index contributed by atoms with van der Waals surface area (Å²) < 4.78 is 44.9. The Kier molecular flexibility index (Phi) is 4.70. The van der Waals surface area contributed by atoms with Crippen LogP contribution in [0.5, 0.6) is 0 Å². The van der Waals surface area contributed by atoms with Crippen LogP contribution in [0.2, 0.25) is 0 Å². The minimum Gasteiger partial charge on any atom is -0.496 e. The molecule has 0 amide bonds. The molecule has 1 N–H and O–H groups in total. The lowest BCUT2D eigenvalue weighted by atomic mass is 9.98. The van der Waals surface area contributed by atoms with Crippen LogP contribution in [0.1, 0.15) is 36.9 Å². The summed E-state index contributed by atoms with van der Waals surface area (Å²) in [6.07, 6.45) is -0.909. The Morgan fingerprint density at radius 2 is 2.05 bits per heavy atom. The molecule has 0 fully saturated rings. The normalized spacial score (nSPS) is 16.7. The minimum atomic E-state index is -4.36. The van der Waals surface area contributed by atoms with Crippen molar-refractivity contribution in [1.29, 1.82) is 0 Å². The van der Waals surface area contributed by atoms with E-state index < -0.39 is 17.8 Å². The molecule has 0 radical (unpaired) electrons. The maximum absolute atomic E-state index is 13.1. The summed E-state index contributed by atoms with van der Waals surface area (Å²) in [5, 5.41) is 3.15. The highest BCUT2D eigenvalue weighted by Crippen LogP contribution is 2.37. The van der Waals surface area contributed by atoms with Gasteiger partial charge in [-0.15, -0.1) is 0 Å². The number of alkyl halides is 3. The van der Waals surface area contributed by atoms with Gasteiger partial charge in [0.1, 0.15) is 5.76 Å². The van der Waals surface area contributed by atoms with E-state index in [1.807, 2.05) is 13.0 Å². The van der Waals surface area contributed by atoms with Crippen LogP contribution in [0, 0.1) is 0 Å². The van der Waals surface area contributed by atoms with Gasteiger partial charge < -0.3 is 10.1 Å². The van der Waals surface area contributed by atoms with Gasteiger partial charge in [-0.05, 0) is 30.7 Å². The van der Waals surface area contributed by atoms with Crippen LogP contribution in [0.25, 0.3) is 0 Å². The van der Waals surface area contributed by atoms with Crippen molar-refractivity contribution in [2.45, 2.75) is 32.0 Å². The van der Waals surface area contributed by atoms with Gasteiger partial charge >= 0.3 is 6.18 Å². The van der Waals surface area contributed by atoms with Crippen LogP contribution in [0.4, 0.5) is 13.2 Å². The minimum absolute atomic E-state index is 0.224. The van der Waals surface area contributed by atoms with E-state index >= 15 is 0 Å². The van der Waals surface area contributed by atoms with E-state index in [4.69, 9.17) is 4.74 Å². The molecular formula is C15H18F3NO. The highest BCUT2D eigenvalue weighted by Gasteiger charge is 2.36. The van der Waals surface area contributed by atoms with Crippen molar-refractivity contribution in [3.05, 3.63) is 47.2 Å². The first kappa shape index (κ1) is 14.9. The van der Waals surface area contributed by atoms with Gasteiger partial charge in [0, 0.05) is 6.42 Å². The third-order valence-corrected chi connectivity index (χ3v) is 3.19. The Balaban J connectivity index is 2.38. The zero-order valence-corrected chi connectivity index (χ0v) is 11.3. The van der Waals surface area contributed by atoms with Gasteiger partial charge in [0.15, 0.2) is 0 Å². The van der Waals surface area contributed by atoms with Gasteiger partial charge in [0.25, 0.3) is 0 Å². The molecule has 0 aromatic heterocycles. The lowest BCUT2D eigenvalue weighted by molar-refractivity contribution is -0.138. The van der Waals surface area contributed by atoms with Crippen LogP contribution < -0.4 is 5.32 Å². The molecule has 2 nitrogen and oxygen atoms in total. The smallest absolute Gasteiger partial charge is 0.416 e. The van der Waals surface area contributed by atoms with Crippen LogP contribution >= 0.6 is 0 Å². The molecule has 0 saturated heterocycles. The first-order valence-corrected chi connectivity index (χ1v) is 6.76. The zero-order valence-electron chi connectivity index (χ0n) is 11.3. The summed E-state index contributed by atoms with van der Waals surface area (Å²) in [6.45, 7) is 3.15. The van der Waals surface area contributed by atoms with Crippen LogP contribution in [0.15, 0.2) is 36.1 Å². The molecule has 5 heteroatoms. The van der Waals surface area contributed by atoms with Gasteiger partial charge in [0.05, 0.1) is 18.2 Å².